The average molecular weight is 213 g/mol. The Morgan fingerprint density at radius 1 is 1.00 bits per heavy atom. The number of hydrogen-bond donors (Lipinski definition) is 1. The summed E-state index contributed by atoms with van der Waals surface area (Å²) in [5.41, 5.74) is 5.13. The molecule has 2 rings (SSSR count). The molecule has 2 nitrogen and oxygen atoms in total. The predicted molar refractivity (Wildman–Crippen MR) is 65.5 cm³/mol. The summed E-state index contributed by atoms with van der Waals surface area (Å²) < 4.78 is 0. The first kappa shape index (κ1) is 10.7. The fraction of sp³-hybridized carbons (Fsp3) is 0.214. The van der Waals surface area contributed by atoms with Gasteiger partial charge in [-0.3, -0.25) is 4.98 Å². The first-order valence-electron chi connectivity index (χ1n) is 5.31. The average Bonchev–Trinajstić information content (AvgIpc) is 2.25. The van der Waals surface area contributed by atoms with Crippen molar-refractivity contribution in [2.75, 3.05) is 0 Å². The lowest BCUT2D eigenvalue weighted by Crippen LogP contribution is -1.88. The zero-order valence-corrected chi connectivity index (χ0v) is 9.78. The largest absolute Gasteiger partial charge is 0.508 e. The zero-order chi connectivity index (χ0) is 11.7. The second-order valence-corrected chi connectivity index (χ2v) is 4.14. The van der Waals surface area contributed by atoms with E-state index in [4.69, 9.17) is 0 Å². The van der Waals surface area contributed by atoms with Crippen LogP contribution >= 0.6 is 0 Å². The first-order chi connectivity index (χ1) is 7.58. The van der Waals surface area contributed by atoms with E-state index in [1.54, 1.807) is 6.07 Å². The molecule has 0 atom stereocenters. The maximum absolute atomic E-state index is 9.72. The molecular formula is C14H15NO. The van der Waals surface area contributed by atoms with Crippen molar-refractivity contribution in [3.8, 4) is 16.9 Å². The Bertz CT molecular complexity index is 515. The fourth-order valence-electron chi connectivity index (χ4n) is 1.78. The number of hydrogen-bond acceptors (Lipinski definition) is 2. The molecule has 0 aliphatic carbocycles. The van der Waals surface area contributed by atoms with E-state index in [0.717, 1.165) is 27.9 Å². The van der Waals surface area contributed by atoms with Crippen LogP contribution in [0.1, 0.15) is 16.8 Å². The molecule has 0 saturated heterocycles. The standard InChI is InChI=1S/C14H15NO/c1-9-6-10(2)14(16)7-13(9)12-5-4-11(3)15-8-12/h4-8,16H,1-3H3. The smallest absolute Gasteiger partial charge is 0.119 e. The lowest BCUT2D eigenvalue weighted by Gasteiger charge is -2.08. The number of phenols is 1. The molecule has 0 amide bonds. The lowest BCUT2D eigenvalue weighted by atomic mass is 9.99. The number of rotatable bonds is 1. The lowest BCUT2D eigenvalue weighted by molar-refractivity contribution is 0.471. The van der Waals surface area contributed by atoms with Crippen LogP contribution in [-0.4, -0.2) is 10.1 Å². The second kappa shape index (κ2) is 3.97. The monoisotopic (exact) mass is 213 g/mol. The molecule has 0 aliphatic rings. The number of benzene rings is 1. The molecule has 1 aromatic carbocycles. The third-order valence-corrected chi connectivity index (χ3v) is 2.77. The summed E-state index contributed by atoms with van der Waals surface area (Å²) in [6, 6.07) is 7.80. The topological polar surface area (TPSA) is 33.1 Å². The summed E-state index contributed by atoms with van der Waals surface area (Å²) in [5, 5.41) is 9.72. The zero-order valence-electron chi connectivity index (χ0n) is 9.78. The quantitative estimate of drug-likeness (QED) is 0.787. The molecule has 2 aromatic rings. The molecule has 0 spiro atoms. The molecule has 0 aliphatic heterocycles. The van der Waals surface area contributed by atoms with Gasteiger partial charge in [0.15, 0.2) is 0 Å². The highest BCUT2D eigenvalue weighted by Gasteiger charge is 2.05. The van der Waals surface area contributed by atoms with Gasteiger partial charge in [-0.15, -0.1) is 0 Å². The fourth-order valence-corrected chi connectivity index (χ4v) is 1.78. The summed E-state index contributed by atoms with van der Waals surface area (Å²) in [6.45, 7) is 5.91. The van der Waals surface area contributed by atoms with Crippen molar-refractivity contribution >= 4 is 0 Å². The maximum Gasteiger partial charge on any atom is 0.119 e. The van der Waals surface area contributed by atoms with Crippen molar-refractivity contribution < 1.29 is 5.11 Å². The van der Waals surface area contributed by atoms with E-state index < -0.39 is 0 Å². The summed E-state index contributed by atoms with van der Waals surface area (Å²) >= 11 is 0. The van der Waals surface area contributed by atoms with Crippen LogP contribution in [0.4, 0.5) is 0 Å². The first-order valence-corrected chi connectivity index (χ1v) is 5.31. The molecule has 0 radical (unpaired) electrons. The maximum atomic E-state index is 9.72. The van der Waals surface area contributed by atoms with Crippen LogP contribution in [0.2, 0.25) is 0 Å². The van der Waals surface area contributed by atoms with Crippen LogP contribution < -0.4 is 0 Å². The van der Waals surface area contributed by atoms with Crippen LogP contribution in [0.5, 0.6) is 5.75 Å². The van der Waals surface area contributed by atoms with Crippen LogP contribution in [0.3, 0.4) is 0 Å². The van der Waals surface area contributed by atoms with Gasteiger partial charge in [0.05, 0.1) is 0 Å². The minimum atomic E-state index is 0.334. The van der Waals surface area contributed by atoms with Gasteiger partial charge >= 0.3 is 0 Å². The Labute approximate surface area is 95.6 Å². The summed E-state index contributed by atoms with van der Waals surface area (Å²) in [5.74, 6) is 0.334. The minimum Gasteiger partial charge on any atom is -0.508 e. The highest BCUT2D eigenvalue weighted by atomic mass is 16.3. The molecule has 82 valence electrons. The molecule has 0 bridgehead atoms. The van der Waals surface area contributed by atoms with Crippen molar-refractivity contribution in [1.82, 2.24) is 4.98 Å². The van der Waals surface area contributed by atoms with Crippen molar-refractivity contribution in [3.05, 3.63) is 47.3 Å². The molecule has 1 aromatic heterocycles. The highest BCUT2D eigenvalue weighted by molar-refractivity contribution is 5.69. The van der Waals surface area contributed by atoms with E-state index in [-0.39, 0.29) is 0 Å². The predicted octanol–water partition coefficient (Wildman–Crippen LogP) is 3.38. The summed E-state index contributed by atoms with van der Waals surface area (Å²) in [6.07, 6.45) is 1.84. The number of nitrogens with zero attached hydrogens (tertiary/aromatic N) is 1. The second-order valence-electron chi connectivity index (χ2n) is 4.14. The molecule has 0 unspecified atom stereocenters. The molecule has 1 heterocycles. The molecule has 1 N–H and O–H groups in total. The molecule has 16 heavy (non-hydrogen) atoms. The molecule has 0 saturated carbocycles. The minimum absolute atomic E-state index is 0.334. The number of pyridine rings is 1. The van der Waals surface area contributed by atoms with Crippen molar-refractivity contribution in [3.63, 3.8) is 0 Å². The van der Waals surface area contributed by atoms with Crippen LogP contribution in [0.25, 0.3) is 11.1 Å². The van der Waals surface area contributed by atoms with Gasteiger partial charge in [-0.25, -0.2) is 0 Å². The number of phenolic OH excluding ortho intramolecular Hbond substituents is 1. The summed E-state index contributed by atoms with van der Waals surface area (Å²) in [7, 11) is 0. The Balaban J connectivity index is 2.56. The van der Waals surface area contributed by atoms with Crippen molar-refractivity contribution in [2.24, 2.45) is 0 Å². The molecular weight excluding hydrogens is 198 g/mol. The molecule has 0 fully saturated rings. The Kier molecular flexibility index (Phi) is 2.65. The Morgan fingerprint density at radius 3 is 2.38 bits per heavy atom. The normalized spacial score (nSPS) is 10.4. The van der Waals surface area contributed by atoms with E-state index in [2.05, 4.69) is 4.98 Å². The molecule has 2 heteroatoms. The van der Waals surface area contributed by atoms with Gasteiger partial charge in [0.25, 0.3) is 0 Å². The van der Waals surface area contributed by atoms with E-state index in [1.807, 2.05) is 45.2 Å². The number of aromatic hydroxyl groups is 1. The van der Waals surface area contributed by atoms with Gasteiger partial charge < -0.3 is 5.11 Å². The summed E-state index contributed by atoms with van der Waals surface area (Å²) in [4.78, 5) is 4.27. The number of aryl methyl sites for hydroxylation is 3. The highest BCUT2D eigenvalue weighted by Crippen LogP contribution is 2.29. The third-order valence-electron chi connectivity index (χ3n) is 2.77. The van der Waals surface area contributed by atoms with E-state index in [1.165, 1.54) is 0 Å². The SMILES string of the molecule is Cc1ccc(-c2cc(O)c(C)cc2C)cn1. The van der Waals surface area contributed by atoms with Gasteiger partial charge in [0, 0.05) is 17.5 Å². The number of aromatic nitrogens is 1. The van der Waals surface area contributed by atoms with Gasteiger partial charge in [0.1, 0.15) is 5.75 Å². The van der Waals surface area contributed by atoms with Crippen molar-refractivity contribution in [2.45, 2.75) is 20.8 Å². The Morgan fingerprint density at radius 2 is 1.75 bits per heavy atom. The van der Waals surface area contributed by atoms with E-state index in [0.29, 0.717) is 5.75 Å². The van der Waals surface area contributed by atoms with Crippen LogP contribution in [0.15, 0.2) is 30.5 Å². The van der Waals surface area contributed by atoms with Gasteiger partial charge in [-0.05, 0) is 49.6 Å². The Hall–Kier alpha value is -1.83. The van der Waals surface area contributed by atoms with E-state index >= 15 is 0 Å². The third kappa shape index (κ3) is 1.91. The van der Waals surface area contributed by atoms with Gasteiger partial charge in [-0.1, -0.05) is 12.1 Å². The van der Waals surface area contributed by atoms with Crippen LogP contribution in [0, 0.1) is 20.8 Å². The van der Waals surface area contributed by atoms with Gasteiger partial charge in [-0.2, -0.15) is 0 Å². The van der Waals surface area contributed by atoms with Crippen LogP contribution in [-0.2, 0) is 0 Å². The van der Waals surface area contributed by atoms with Gasteiger partial charge in [0.2, 0.25) is 0 Å². The van der Waals surface area contributed by atoms with E-state index in [9.17, 15) is 5.11 Å². The van der Waals surface area contributed by atoms with Crippen molar-refractivity contribution in [1.29, 1.82) is 0 Å².